The monoisotopic (exact) mass is 483 g/mol. The molecule has 2 amide bonds. The molecule has 6 nitrogen and oxygen atoms in total. The molecule has 5 aromatic rings. The Morgan fingerprint density at radius 3 is 2.43 bits per heavy atom. The summed E-state index contributed by atoms with van der Waals surface area (Å²) < 4.78 is 2.06. The van der Waals surface area contributed by atoms with E-state index in [0.717, 1.165) is 33.3 Å². The van der Waals surface area contributed by atoms with Gasteiger partial charge in [-0.3, -0.25) is 4.90 Å². The van der Waals surface area contributed by atoms with E-state index in [-0.39, 0.29) is 12.1 Å². The van der Waals surface area contributed by atoms with Crippen LogP contribution in [0.1, 0.15) is 28.4 Å². The maximum atomic E-state index is 14.0. The fraction of sp³-hybridized carbons (Fsp3) is 0.129. The minimum atomic E-state index is -0.102. The molecule has 1 fully saturated rings. The van der Waals surface area contributed by atoms with E-state index in [0.29, 0.717) is 25.2 Å². The van der Waals surface area contributed by atoms with E-state index in [1.165, 1.54) is 0 Å². The Hall–Kier alpha value is -4.89. The van der Waals surface area contributed by atoms with E-state index < -0.39 is 0 Å². The molecule has 0 N–H and O–H groups in total. The molecule has 2 heterocycles. The molecule has 0 radical (unpaired) electrons. The minimum absolute atomic E-state index is 0.0173. The second kappa shape index (κ2) is 9.63. The van der Waals surface area contributed by atoms with E-state index in [9.17, 15) is 4.79 Å². The number of urea groups is 1. The fourth-order valence-corrected chi connectivity index (χ4v) is 5.10. The maximum absolute atomic E-state index is 14.0. The zero-order chi connectivity index (χ0) is 25.2. The summed E-state index contributed by atoms with van der Waals surface area (Å²) in [6.45, 7) is 1.66. The first-order valence-electron chi connectivity index (χ1n) is 12.3. The summed E-state index contributed by atoms with van der Waals surface area (Å²) in [4.78, 5) is 22.2. The lowest BCUT2D eigenvalue weighted by Crippen LogP contribution is -2.32. The number of carbonyl (C=O) groups excluding carboxylic acids is 1. The summed E-state index contributed by atoms with van der Waals surface area (Å²) in [6.07, 6.45) is 3.63. The Labute approximate surface area is 215 Å². The average molecular weight is 484 g/mol. The van der Waals surface area contributed by atoms with Crippen LogP contribution in [0.2, 0.25) is 0 Å². The Bertz CT molecular complexity index is 1600. The molecule has 0 aliphatic carbocycles. The smallest absolute Gasteiger partial charge is 0.325 e. The third-order valence-electron chi connectivity index (χ3n) is 6.98. The summed E-state index contributed by atoms with van der Waals surface area (Å²) in [6, 6.07) is 34.2. The number of imidazole rings is 1. The van der Waals surface area contributed by atoms with Crippen molar-refractivity contribution in [1.29, 1.82) is 5.26 Å². The molecule has 37 heavy (non-hydrogen) atoms. The van der Waals surface area contributed by atoms with Crippen LogP contribution in [0.15, 0.2) is 110 Å². The first-order chi connectivity index (χ1) is 18.2. The number of amides is 2. The lowest BCUT2D eigenvalue weighted by atomic mass is 10.0. The molecule has 1 aliphatic rings. The number of anilines is 1. The van der Waals surface area contributed by atoms with Gasteiger partial charge in [0.05, 0.1) is 41.9 Å². The minimum Gasteiger partial charge on any atom is -0.329 e. The number of aromatic nitrogens is 2. The molecule has 0 saturated carbocycles. The van der Waals surface area contributed by atoms with Crippen LogP contribution in [-0.2, 0) is 13.1 Å². The molecule has 0 bridgehead atoms. The van der Waals surface area contributed by atoms with Crippen molar-refractivity contribution in [3.05, 3.63) is 132 Å². The van der Waals surface area contributed by atoms with Crippen molar-refractivity contribution in [3.8, 4) is 6.07 Å². The Morgan fingerprint density at radius 1 is 0.865 bits per heavy atom. The highest BCUT2D eigenvalue weighted by atomic mass is 16.2. The lowest BCUT2D eigenvalue weighted by Gasteiger charge is -2.25. The number of benzene rings is 4. The van der Waals surface area contributed by atoms with Gasteiger partial charge in [-0.15, -0.1) is 0 Å². The van der Waals surface area contributed by atoms with Gasteiger partial charge < -0.3 is 9.47 Å². The summed E-state index contributed by atoms with van der Waals surface area (Å²) in [5.74, 6) is 0. The molecule has 1 aromatic heterocycles. The van der Waals surface area contributed by atoms with Gasteiger partial charge in [0, 0.05) is 24.7 Å². The van der Waals surface area contributed by atoms with Crippen molar-refractivity contribution in [2.45, 2.75) is 19.1 Å². The molecule has 1 unspecified atom stereocenters. The second-order valence-electron chi connectivity index (χ2n) is 9.28. The van der Waals surface area contributed by atoms with Gasteiger partial charge >= 0.3 is 6.03 Å². The number of hydrogen-bond donors (Lipinski definition) is 0. The molecule has 4 aromatic carbocycles. The molecule has 6 rings (SSSR count). The highest BCUT2D eigenvalue weighted by Gasteiger charge is 2.40. The highest BCUT2D eigenvalue weighted by Crippen LogP contribution is 2.38. The highest BCUT2D eigenvalue weighted by molar-refractivity contribution is 6.04. The van der Waals surface area contributed by atoms with Gasteiger partial charge in [0.2, 0.25) is 0 Å². The van der Waals surface area contributed by atoms with Crippen LogP contribution >= 0.6 is 0 Å². The number of nitriles is 1. The molecule has 180 valence electrons. The molecule has 6 heteroatoms. The molecule has 1 aliphatic heterocycles. The standard InChI is InChI=1S/C31H25N5O/c32-17-23-13-15-24(16-14-23)19-35-22-33-18-27(35)20-34-21-30(26-8-2-1-3-9-26)36(31(34)37)29-12-6-10-25-7-4-5-11-28(25)29/h1-16,18,22,30H,19-21H2. The van der Waals surface area contributed by atoms with Crippen molar-refractivity contribution in [3.63, 3.8) is 0 Å². The maximum Gasteiger partial charge on any atom is 0.325 e. The zero-order valence-electron chi connectivity index (χ0n) is 20.2. The van der Waals surface area contributed by atoms with Gasteiger partial charge in [0.1, 0.15) is 0 Å². The Kier molecular flexibility index (Phi) is 5.88. The molecular formula is C31H25N5O. The molecular weight excluding hydrogens is 458 g/mol. The van der Waals surface area contributed by atoms with E-state index in [1.54, 1.807) is 6.33 Å². The molecule has 0 spiro atoms. The normalized spacial score (nSPS) is 15.3. The van der Waals surface area contributed by atoms with E-state index >= 15 is 0 Å². The largest absolute Gasteiger partial charge is 0.329 e. The van der Waals surface area contributed by atoms with Crippen molar-refractivity contribution < 1.29 is 4.79 Å². The van der Waals surface area contributed by atoms with Crippen LogP contribution < -0.4 is 4.90 Å². The lowest BCUT2D eigenvalue weighted by molar-refractivity contribution is 0.217. The van der Waals surface area contributed by atoms with E-state index in [4.69, 9.17) is 5.26 Å². The van der Waals surface area contributed by atoms with Crippen molar-refractivity contribution >= 4 is 22.5 Å². The topological polar surface area (TPSA) is 65.2 Å². The van der Waals surface area contributed by atoms with Crippen LogP contribution in [0, 0.1) is 11.3 Å². The quantitative estimate of drug-likeness (QED) is 0.291. The van der Waals surface area contributed by atoms with Gasteiger partial charge in [-0.25, -0.2) is 9.78 Å². The van der Waals surface area contributed by atoms with Crippen LogP contribution in [-0.4, -0.2) is 27.0 Å². The first kappa shape index (κ1) is 22.6. The SMILES string of the molecule is N#Cc1ccc(Cn2cncc2CN2CC(c3ccccc3)N(c3cccc4ccccc34)C2=O)cc1. The third-order valence-corrected chi connectivity index (χ3v) is 6.98. The average Bonchev–Trinajstić information content (AvgIpc) is 3.52. The number of nitrogens with zero attached hydrogens (tertiary/aromatic N) is 5. The van der Waals surface area contributed by atoms with Crippen molar-refractivity contribution in [2.24, 2.45) is 0 Å². The van der Waals surface area contributed by atoms with Gasteiger partial charge in [-0.2, -0.15) is 5.26 Å². The van der Waals surface area contributed by atoms with Crippen molar-refractivity contribution in [1.82, 2.24) is 14.5 Å². The second-order valence-corrected chi connectivity index (χ2v) is 9.28. The van der Waals surface area contributed by atoms with Crippen LogP contribution in [0.5, 0.6) is 0 Å². The fourth-order valence-electron chi connectivity index (χ4n) is 5.10. The number of carbonyl (C=O) groups is 1. The van der Waals surface area contributed by atoms with Crippen LogP contribution in [0.25, 0.3) is 10.8 Å². The van der Waals surface area contributed by atoms with Crippen LogP contribution in [0.3, 0.4) is 0 Å². The molecule has 1 saturated heterocycles. The Balaban J connectivity index is 1.32. The van der Waals surface area contributed by atoms with Gasteiger partial charge in [-0.1, -0.05) is 78.9 Å². The summed E-state index contributed by atoms with van der Waals surface area (Å²) >= 11 is 0. The van der Waals surface area contributed by atoms with E-state index in [2.05, 4.69) is 46.0 Å². The number of rotatable bonds is 6. The molecule has 1 atom stereocenters. The number of hydrogen-bond acceptors (Lipinski definition) is 3. The van der Waals surface area contributed by atoms with Crippen LogP contribution in [0.4, 0.5) is 10.5 Å². The van der Waals surface area contributed by atoms with Gasteiger partial charge in [-0.05, 0) is 34.7 Å². The summed E-state index contributed by atoms with van der Waals surface area (Å²) in [5.41, 5.74) is 4.70. The summed E-state index contributed by atoms with van der Waals surface area (Å²) in [7, 11) is 0. The first-order valence-corrected chi connectivity index (χ1v) is 12.3. The predicted molar refractivity (Wildman–Crippen MR) is 144 cm³/mol. The van der Waals surface area contributed by atoms with E-state index in [1.807, 2.05) is 82.7 Å². The van der Waals surface area contributed by atoms with Gasteiger partial charge in [0.25, 0.3) is 0 Å². The van der Waals surface area contributed by atoms with Gasteiger partial charge in [0.15, 0.2) is 0 Å². The predicted octanol–water partition coefficient (Wildman–Crippen LogP) is 6.14. The van der Waals surface area contributed by atoms with Crippen molar-refractivity contribution in [2.75, 3.05) is 11.4 Å². The Morgan fingerprint density at radius 2 is 1.62 bits per heavy atom. The zero-order valence-corrected chi connectivity index (χ0v) is 20.2. The summed E-state index contributed by atoms with van der Waals surface area (Å²) in [5, 5.41) is 11.2. The number of fused-ring (bicyclic) bond motifs is 1. The third kappa shape index (κ3) is 4.32.